The lowest BCUT2D eigenvalue weighted by atomic mass is 10.0. The van der Waals surface area contributed by atoms with Gasteiger partial charge in [-0.25, -0.2) is 27.1 Å². The smallest absolute Gasteiger partial charge is 0.246 e. The van der Waals surface area contributed by atoms with Crippen molar-refractivity contribution in [3.63, 3.8) is 0 Å². The molecule has 0 aliphatic heterocycles. The van der Waals surface area contributed by atoms with Crippen molar-refractivity contribution in [1.29, 1.82) is 0 Å². The molecule has 0 aliphatic rings. The lowest BCUT2D eigenvalue weighted by molar-refractivity contribution is 0.174. The van der Waals surface area contributed by atoms with Crippen LogP contribution in [0.1, 0.15) is 25.4 Å². The van der Waals surface area contributed by atoms with Gasteiger partial charge in [0, 0.05) is 27.0 Å². The zero-order valence-electron chi connectivity index (χ0n) is 25.4. The zero-order chi connectivity index (χ0) is 31.7. The van der Waals surface area contributed by atoms with Gasteiger partial charge in [0.15, 0.2) is 17.3 Å². The molecular formula is C28H36BrFN6O5SSi. The second kappa shape index (κ2) is 12.4. The highest BCUT2D eigenvalue weighted by molar-refractivity contribution is 9.10. The number of anilines is 1. The van der Waals surface area contributed by atoms with Gasteiger partial charge in [-0.05, 0) is 67.0 Å². The minimum Gasteiger partial charge on any atom is -0.494 e. The van der Waals surface area contributed by atoms with Crippen LogP contribution in [0.2, 0.25) is 25.7 Å². The summed E-state index contributed by atoms with van der Waals surface area (Å²) in [5.74, 6) is 1.61. The van der Waals surface area contributed by atoms with Crippen LogP contribution in [-0.2, 0) is 15.7 Å². The van der Waals surface area contributed by atoms with Crippen molar-refractivity contribution in [2.24, 2.45) is 0 Å². The van der Waals surface area contributed by atoms with E-state index in [9.17, 15) is 8.42 Å². The molecule has 3 heterocycles. The number of ether oxygens (including phenoxy) is 2. The molecule has 4 rings (SSSR count). The number of sulfonamides is 1. The molecule has 0 saturated heterocycles. The number of halogens is 2. The molecule has 0 fully saturated rings. The standard InChI is InChI=1S/C28H36BrFN6O5SSi/c1-18-12-13-23(41-18)25-33-34-27(36(25)24-21(39-4)10-9-11-22(24)40-5)35(14-15-43(6,7)8)42(37,38)19(2)28(3,30)26-31-16-20(29)17-32-26/h9-13,16-17,19H,14-15H2,1-8H3/t19-,28+/m0/s1. The molecule has 15 heteroatoms. The van der Waals surface area contributed by atoms with Gasteiger partial charge in [0.1, 0.15) is 28.2 Å². The van der Waals surface area contributed by atoms with Crippen LogP contribution in [0.15, 0.2) is 51.6 Å². The van der Waals surface area contributed by atoms with Gasteiger partial charge in [-0.1, -0.05) is 25.7 Å². The summed E-state index contributed by atoms with van der Waals surface area (Å²) in [6.45, 7) is 10.7. The maximum absolute atomic E-state index is 16.5. The van der Waals surface area contributed by atoms with E-state index in [0.29, 0.717) is 39.2 Å². The molecule has 11 nitrogen and oxygen atoms in total. The molecule has 3 aromatic heterocycles. The van der Waals surface area contributed by atoms with Gasteiger partial charge < -0.3 is 13.9 Å². The van der Waals surface area contributed by atoms with Gasteiger partial charge in [-0.3, -0.25) is 4.57 Å². The molecule has 0 aliphatic carbocycles. The first-order chi connectivity index (χ1) is 20.1. The van der Waals surface area contributed by atoms with Crippen molar-refractivity contribution < 1.29 is 26.7 Å². The summed E-state index contributed by atoms with van der Waals surface area (Å²) in [5.41, 5.74) is -2.10. The van der Waals surface area contributed by atoms with E-state index in [0.717, 1.165) is 4.31 Å². The van der Waals surface area contributed by atoms with E-state index < -0.39 is 29.0 Å². The Hall–Kier alpha value is -3.30. The van der Waals surface area contributed by atoms with Gasteiger partial charge in [0.05, 0.1) is 18.7 Å². The fraction of sp³-hybridized carbons (Fsp3) is 0.429. The Labute approximate surface area is 260 Å². The SMILES string of the molecule is COc1cccc(OC)c1-n1c(-c2ccc(C)o2)nnc1N(CC[Si](C)(C)C)S(=O)(=O)[C@@H](C)[C@@](C)(F)c1ncc(Br)cn1. The summed E-state index contributed by atoms with van der Waals surface area (Å²) in [4.78, 5) is 8.14. The largest absolute Gasteiger partial charge is 0.494 e. The van der Waals surface area contributed by atoms with Crippen molar-refractivity contribution in [2.45, 2.75) is 57.4 Å². The van der Waals surface area contributed by atoms with Crippen LogP contribution < -0.4 is 13.8 Å². The van der Waals surface area contributed by atoms with Gasteiger partial charge in [0.2, 0.25) is 21.8 Å². The first kappa shape index (κ1) is 32.6. The third kappa shape index (κ3) is 6.62. The number of methoxy groups -OCH3 is 2. The lowest BCUT2D eigenvalue weighted by Crippen LogP contribution is -2.48. The summed E-state index contributed by atoms with van der Waals surface area (Å²) < 4.78 is 66.0. The molecule has 4 aromatic rings. The fourth-order valence-corrected chi connectivity index (χ4v) is 7.40. The number of aryl methyl sites for hydroxylation is 1. The molecule has 0 spiro atoms. The molecule has 2 atom stereocenters. The van der Waals surface area contributed by atoms with E-state index in [-0.39, 0.29) is 24.1 Å². The molecule has 43 heavy (non-hydrogen) atoms. The molecule has 0 radical (unpaired) electrons. The number of hydrogen-bond acceptors (Lipinski definition) is 9. The number of alkyl halides is 1. The van der Waals surface area contributed by atoms with E-state index in [4.69, 9.17) is 13.9 Å². The molecule has 1 aromatic carbocycles. The predicted molar refractivity (Wildman–Crippen MR) is 169 cm³/mol. The maximum Gasteiger partial charge on any atom is 0.246 e. The minimum absolute atomic E-state index is 0.0342. The molecule has 0 unspecified atom stereocenters. The Balaban J connectivity index is 1.99. The molecule has 0 bridgehead atoms. The summed E-state index contributed by atoms with van der Waals surface area (Å²) in [6, 6.07) is 9.21. The number of rotatable bonds is 12. The van der Waals surface area contributed by atoms with E-state index in [2.05, 4.69) is 55.7 Å². The second-order valence-electron chi connectivity index (χ2n) is 11.5. The number of aromatic nitrogens is 5. The predicted octanol–water partition coefficient (Wildman–Crippen LogP) is 6.15. The molecular weight excluding hydrogens is 659 g/mol. The van der Waals surface area contributed by atoms with Crippen LogP contribution in [0, 0.1) is 6.92 Å². The topological polar surface area (TPSA) is 125 Å². The fourth-order valence-electron chi connectivity index (χ4n) is 4.40. The average molecular weight is 696 g/mol. The third-order valence-electron chi connectivity index (χ3n) is 7.10. The van der Waals surface area contributed by atoms with E-state index in [1.807, 2.05) is 0 Å². The van der Waals surface area contributed by atoms with Crippen LogP contribution in [0.25, 0.3) is 17.3 Å². The molecule has 232 valence electrons. The number of hydrogen-bond donors (Lipinski definition) is 0. The zero-order valence-corrected chi connectivity index (χ0v) is 28.8. The quantitative estimate of drug-likeness (QED) is 0.160. The molecule has 0 saturated carbocycles. The maximum atomic E-state index is 16.5. The van der Waals surface area contributed by atoms with Crippen molar-refractivity contribution in [1.82, 2.24) is 24.7 Å². The first-order valence-electron chi connectivity index (χ1n) is 13.5. The first-order valence-corrected chi connectivity index (χ1v) is 19.5. The Morgan fingerprint density at radius 3 is 2.21 bits per heavy atom. The Morgan fingerprint density at radius 2 is 1.70 bits per heavy atom. The van der Waals surface area contributed by atoms with Crippen LogP contribution in [0.3, 0.4) is 0 Å². The van der Waals surface area contributed by atoms with Gasteiger partial charge >= 0.3 is 0 Å². The number of para-hydroxylation sites is 1. The van der Waals surface area contributed by atoms with Crippen molar-refractivity contribution in [2.75, 3.05) is 25.1 Å². The monoisotopic (exact) mass is 694 g/mol. The summed E-state index contributed by atoms with van der Waals surface area (Å²) in [6.07, 6.45) is 2.76. The summed E-state index contributed by atoms with van der Waals surface area (Å²) >= 11 is 3.24. The minimum atomic E-state index is -4.47. The summed E-state index contributed by atoms with van der Waals surface area (Å²) in [5, 5.41) is 7.16. The second-order valence-corrected chi connectivity index (χ2v) is 20.2. The van der Waals surface area contributed by atoms with Gasteiger partial charge in [-0.15, -0.1) is 10.2 Å². The Kier molecular flexibility index (Phi) is 9.37. The van der Waals surface area contributed by atoms with Crippen LogP contribution in [0.4, 0.5) is 10.3 Å². The third-order valence-corrected chi connectivity index (χ3v) is 11.5. The Bertz CT molecular complexity index is 1670. The van der Waals surface area contributed by atoms with Gasteiger partial charge in [-0.2, -0.15) is 0 Å². The average Bonchev–Trinajstić information content (AvgIpc) is 3.57. The highest BCUT2D eigenvalue weighted by Gasteiger charge is 2.48. The normalized spacial score (nSPS) is 14.3. The highest BCUT2D eigenvalue weighted by Crippen LogP contribution is 2.41. The van der Waals surface area contributed by atoms with Crippen LogP contribution in [-0.4, -0.2) is 67.2 Å². The Morgan fingerprint density at radius 1 is 1.09 bits per heavy atom. The van der Waals surface area contributed by atoms with E-state index >= 15 is 4.39 Å². The van der Waals surface area contributed by atoms with Crippen LogP contribution in [0.5, 0.6) is 11.5 Å². The van der Waals surface area contributed by atoms with Crippen molar-refractivity contribution in [3.05, 3.63) is 58.8 Å². The summed E-state index contributed by atoms with van der Waals surface area (Å²) in [7, 11) is -3.31. The highest BCUT2D eigenvalue weighted by atomic mass is 79.9. The molecule has 0 amide bonds. The van der Waals surface area contributed by atoms with Gasteiger partial charge in [0.25, 0.3) is 0 Å². The van der Waals surface area contributed by atoms with Crippen molar-refractivity contribution >= 4 is 40.0 Å². The van der Waals surface area contributed by atoms with Crippen molar-refractivity contribution in [3.8, 4) is 28.8 Å². The molecule has 0 N–H and O–H groups in total. The number of benzene rings is 1. The number of nitrogens with zero attached hydrogens (tertiary/aromatic N) is 6. The number of furan rings is 1. The van der Waals surface area contributed by atoms with E-state index in [1.54, 1.807) is 37.3 Å². The van der Waals surface area contributed by atoms with E-state index in [1.165, 1.54) is 45.0 Å². The lowest BCUT2D eigenvalue weighted by Gasteiger charge is -2.33. The van der Waals surface area contributed by atoms with Crippen LogP contribution >= 0.6 is 15.9 Å².